The Labute approximate surface area is 93.4 Å². The molecule has 0 spiro atoms. The number of hydrogen-bond donors (Lipinski definition) is 1. The van der Waals surface area contributed by atoms with E-state index in [1.165, 1.54) is 0 Å². The summed E-state index contributed by atoms with van der Waals surface area (Å²) >= 11 is 0. The van der Waals surface area contributed by atoms with Crippen molar-refractivity contribution in [1.82, 2.24) is 5.16 Å². The lowest BCUT2D eigenvalue weighted by molar-refractivity contribution is 0.0678. The normalized spacial score (nSPS) is 20.9. The summed E-state index contributed by atoms with van der Waals surface area (Å²) in [6.07, 6.45) is 2.40. The molecule has 1 N–H and O–H groups in total. The van der Waals surface area contributed by atoms with E-state index in [0.717, 1.165) is 19.4 Å². The summed E-state index contributed by atoms with van der Waals surface area (Å²) in [4.78, 5) is 11.2. The molecule has 1 fully saturated rings. The first-order valence-electron chi connectivity index (χ1n) is 5.53. The van der Waals surface area contributed by atoms with Gasteiger partial charge in [0.25, 0.3) is 0 Å². The van der Waals surface area contributed by atoms with Crippen LogP contribution in [0.4, 0.5) is 0 Å². The maximum absolute atomic E-state index is 11.2. The minimum Gasteiger partial charge on any atom is -0.477 e. The SMILES string of the molecule is CCc1onc(C2CCCOC2)c1C(=O)O. The largest absolute Gasteiger partial charge is 0.477 e. The Morgan fingerprint density at radius 2 is 2.44 bits per heavy atom. The van der Waals surface area contributed by atoms with Gasteiger partial charge in [-0.25, -0.2) is 4.79 Å². The molecule has 1 saturated heterocycles. The van der Waals surface area contributed by atoms with Gasteiger partial charge in [-0.3, -0.25) is 0 Å². The van der Waals surface area contributed by atoms with Crippen LogP contribution in [0, 0.1) is 0 Å². The van der Waals surface area contributed by atoms with Crippen LogP contribution in [0.25, 0.3) is 0 Å². The van der Waals surface area contributed by atoms with Crippen LogP contribution < -0.4 is 0 Å². The minimum atomic E-state index is -0.960. The van der Waals surface area contributed by atoms with E-state index in [-0.39, 0.29) is 11.5 Å². The highest BCUT2D eigenvalue weighted by Crippen LogP contribution is 2.29. The number of aryl methyl sites for hydroxylation is 1. The molecule has 2 rings (SSSR count). The van der Waals surface area contributed by atoms with Gasteiger partial charge in [0.1, 0.15) is 11.3 Å². The molecule has 0 aliphatic carbocycles. The topological polar surface area (TPSA) is 72.6 Å². The summed E-state index contributed by atoms with van der Waals surface area (Å²) in [7, 11) is 0. The molecular formula is C11H15NO4. The van der Waals surface area contributed by atoms with Crippen LogP contribution in [0.2, 0.25) is 0 Å². The lowest BCUT2D eigenvalue weighted by atomic mass is 9.94. The van der Waals surface area contributed by atoms with Crippen molar-refractivity contribution >= 4 is 5.97 Å². The van der Waals surface area contributed by atoms with Gasteiger partial charge in [-0.05, 0) is 12.8 Å². The molecular weight excluding hydrogens is 210 g/mol. The van der Waals surface area contributed by atoms with Crippen LogP contribution in [0.15, 0.2) is 4.52 Å². The van der Waals surface area contributed by atoms with Crippen LogP contribution in [0.5, 0.6) is 0 Å². The fraction of sp³-hybridized carbons (Fsp3) is 0.636. The Bertz CT molecular complexity index is 379. The van der Waals surface area contributed by atoms with Gasteiger partial charge in [-0.1, -0.05) is 12.1 Å². The number of aromatic nitrogens is 1. The molecule has 0 bridgehead atoms. The molecule has 1 aliphatic heterocycles. The molecule has 0 aromatic carbocycles. The van der Waals surface area contributed by atoms with Crippen LogP contribution >= 0.6 is 0 Å². The molecule has 1 unspecified atom stereocenters. The van der Waals surface area contributed by atoms with Crippen molar-refractivity contribution in [3.63, 3.8) is 0 Å². The zero-order valence-corrected chi connectivity index (χ0v) is 9.23. The van der Waals surface area contributed by atoms with E-state index < -0.39 is 5.97 Å². The van der Waals surface area contributed by atoms with E-state index in [9.17, 15) is 4.79 Å². The zero-order valence-electron chi connectivity index (χ0n) is 9.23. The van der Waals surface area contributed by atoms with E-state index in [4.69, 9.17) is 14.4 Å². The molecule has 0 amide bonds. The molecule has 0 saturated carbocycles. The number of aromatic carboxylic acids is 1. The maximum atomic E-state index is 11.2. The summed E-state index contributed by atoms with van der Waals surface area (Å²) < 4.78 is 10.4. The summed E-state index contributed by atoms with van der Waals surface area (Å²) in [6.45, 7) is 3.14. The lowest BCUT2D eigenvalue weighted by Crippen LogP contribution is -2.18. The van der Waals surface area contributed by atoms with Crippen LogP contribution in [-0.4, -0.2) is 29.4 Å². The van der Waals surface area contributed by atoms with Gasteiger partial charge in [0.05, 0.1) is 6.61 Å². The summed E-state index contributed by atoms with van der Waals surface area (Å²) in [5.74, 6) is -0.448. The summed E-state index contributed by atoms with van der Waals surface area (Å²) in [6, 6.07) is 0. The van der Waals surface area contributed by atoms with Crippen LogP contribution in [-0.2, 0) is 11.2 Å². The van der Waals surface area contributed by atoms with Gasteiger partial charge in [0, 0.05) is 18.9 Å². The second kappa shape index (κ2) is 4.65. The van der Waals surface area contributed by atoms with Crippen molar-refractivity contribution in [3.8, 4) is 0 Å². The summed E-state index contributed by atoms with van der Waals surface area (Å²) in [5.41, 5.74) is 0.780. The Balaban J connectivity index is 2.32. The van der Waals surface area contributed by atoms with E-state index in [1.54, 1.807) is 0 Å². The highest BCUT2D eigenvalue weighted by Gasteiger charge is 2.28. The molecule has 88 valence electrons. The third-order valence-electron chi connectivity index (χ3n) is 2.87. The Morgan fingerprint density at radius 3 is 3.00 bits per heavy atom. The lowest BCUT2D eigenvalue weighted by Gasteiger charge is -2.20. The Hall–Kier alpha value is -1.36. The maximum Gasteiger partial charge on any atom is 0.341 e. The van der Waals surface area contributed by atoms with E-state index >= 15 is 0 Å². The van der Waals surface area contributed by atoms with Crippen molar-refractivity contribution in [3.05, 3.63) is 17.0 Å². The van der Waals surface area contributed by atoms with Gasteiger partial charge < -0.3 is 14.4 Å². The van der Waals surface area contributed by atoms with Crippen LogP contribution in [0.3, 0.4) is 0 Å². The number of carboxylic acid groups (broad SMARTS) is 1. The quantitative estimate of drug-likeness (QED) is 0.849. The number of hydrogen-bond acceptors (Lipinski definition) is 4. The molecule has 1 aromatic heterocycles. The Morgan fingerprint density at radius 1 is 1.62 bits per heavy atom. The Kier molecular flexibility index (Phi) is 3.24. The number of carboxylic acids is 1. The van der Waals surface area contributed by atoms with Gasteiger partial charge in [0.2, 0.25) is 0 Å². The van der Waals surface area contributed by atoms with E-state index in [2.05, 4.69) is 5.16 Å². The summed E-state index contributed by atoms with van der Waals surface area (Å²) in [5, 5.41) is 13.1. The average molecular weight is 225 g/mol. The zero-order chi connectivity index (χ0) is 11.5. The smallest absolute Gasteiger partial charge is 0.341 e. The predicted molar refractivity (Wildman–Crippen MR) is 55.6 cm³/mol. The fourth-order valence-corrected chi connectivity index (χ4v) is 2.04. The van der Waals surface area contributed by atoms with Gasteiger partial charge in [-0.15, -0.1) is 0 Å². The second-order valence-electron chi connectivity index (χ2n) is 3.94. The fourth-order valence-electron chi connectivity index (χ4n) is 2.04. The molecule has 1 atom stereocenters. The highest BCUT2D eigenvalue weighted by atomic mass is 16.5. The van der Waals surface area contributed by atoms with Crippen LogP contribution in [0.1, 0.15) is 47.5 Å². The molecule has 2 heterocycles. The molecule has 1 aliphatic rings. The van der Waals surface area contributed by atoms with Gasteiger partial charge in [0.15, 0.2) is 5.76 Å². The first-order chi connectivity index (χ1) is 7.74. The van der Waals surface area contributed by atoms with Crippen molar-refractivity contribution in [2.24, 2.45) is 0 Å². The first-order valence-corrected chi connectivity index (χ1v) is 5.53. The molecule has 1 aromatic rings. The van der Waals surface area contributed by atoms with Gasteiger partial charge in [-0.2, -0.15) is 0 Å². The first kappa shape index (κ1) is 11.1. The second-order valence-corrected chi connectivity index (χ2v) is 3.94. The highest BCUT2D eigenvalue weighted by molar-refractivity contribution is 5.90. The molecule has 0 radical (unpaired) electrons. The van der Waals surface area contributed by atoms with Crippen molar-refractivity contribution in [2.75, 3.05) is 13.2 Å². The van der Waals surface area contributed by atoms with E-state index in [1.807, 2.05) is 6.92 Å². The number of nitrogens with zero attached hydrogens (tertiary/aromatic N) is 1. The molecule has 16 heavy (non-hydrogen) atoms. The molecule has 5 nitrogen and oxygen atoms in total. The predicted octanol–water partition coefficient (Wildman–Crippen LogP) is 1.83. The van der Waals surface area contributed by atoms with E-state index in [0.29, 0.717) is 24.5 Å². The minimum absolute atomic E-state index is 0.0592. The number of carbonyl (C=O) groups is 1. The number of rotatable bonds is 3. The molecule has 5 heteroatoms. The van der Waals surface area contributed by atoms with Crippen molar-refractivity contribution in [1.29, 1.82) is 0 Å². The number of ether oxygens (including phenoxy) is 1. The third kappa shape index (κ3) is 1.95. The van der Waals surface area contributed by atoms with Crippen molar-refractivity contribution < 1.29 is 19.2 Å². The van der Waals surface area contributed by atoms with Crippen molar-refractivity contribution in [2.45, 2.75) is 32.1 Å². The van der Waals surface area contributed by atoms with Gasteiger partial charge >= 0.3 is 5.97 Å². The average Bonchev–Trinajstić information content (AvgIpc) is 2.73. The standard InChI is InChI=1S/C11H15NO4/c1-2-8-9(11(13)14)10(12-16-8)7-4-3-5-15-6-7/h7H,2-6H2,1H3,(H,13,14). The monoisotopic (exact) mass is 225 g/mol. The third-order valence-corrected chi connectivity index (χ3v) is 2.87.